The molecule has 0 spiro atoms. The van der Waals surface area contributed by atoms with E-state index in [1.54, 1.807) is 6.07 Å². The Bertz CT molecular complexity index is 483. The number of nitrogens with zero attached hydrogens (tertiary/aromatic N) is 2. The Morgan fingerprint density at radius 3 is 2.50 bits per heavy atom. The topological polar surface area (TPSA) is 39.1 Å². The Morgan fingerprint density at radius 1 is 1.35 bits per heavy atom. The van der Waals surface area contributed by atoms with Gasteiger partial charge in [-0.15, -0.1) is 0 Å². The molecule has 0 aromatic heterocycles. The molecule has 0 heterocycles. The molecule has 1 N–H and O–H groups in total. The Labute approximate surface area is 118 Å². The second-order valence-corrected chi connectivity index (χ2v) is 5.07. The third kappa shape index (κ3) is 3.75. The summed E-state index contributed by atoms with van der Waals surface area (Å²) in [5.74, 6) is -1.33. The van der Waals surface area contributed by atoms with Crippen LogP contribution < -0.4 is 5.32 Å². The highest BCUT2D eigenvalue weighted by Gasteiger charge is 2.27. The fourth-order valence-corrected chi connectivity index (χ4v) is 2.31. The quantitative estimate of drug-likeness (QED) is 0.779. The molecule has 0 atom stereocenters. The molecule has 0 bridgehead atoms. The third-order valence-electron chi connectivity index (χ3n) is 3.62. The van der Waals surface area contributed by atoms with E-state index < -0.39 is 11.6 Å². The van der Waals surface area contributed by atoms with Gasteiger partial charge < -0.3 is 5.32 Å². The number of nitriles is 1. The summed E-state index contributed by atoms with van der Waals surface area (Å²) < 4.78 is 27.3. The third-order valence-corrected chi connectivity index (χ3v) is 3.62. The lowest BCUT2D eigenvalue weighted by molar-refractivity contribution is 0.276. The van der Waals surface area contributed by atoms with Crippen molar-refractivity contribution < 1.29 is 8.78 Å². The summed E-state index contributed by atoms with van der Waals surface area (Å²) in [5.41, 5.74) is 0.00751. The number of hydrogen-bond acceptors (Lipinski definition) is 3. The zero-order valence-electron chi connectivity index (χ0n) is 11.6. The normalized spacial score (nSPS) is 14.6. The van der Waals surface area contributed by atoms with Crippen molar-refractivity contribution in [2.45, 2.75) is 32.4 Å². The highest BCUT2D eigenvalue weighted by molar-refractivity contribution is 5.34. The molecule has 1 fully saturated rings. The predicted molar refractivity (Wildman–Crippen MR) is 73.0 cm³/mol. The summed E-state index contributed by atoms with van der Waals surface area (Å²) in [6.07, 6.45) is 2.51. The highest BCUT2D eigenvalue weighted by atomic mass is 19.1. The maximum absolute atomic E-state index is 13.6. The first kappa shape index (κ1) is 14.9. The molecule has 0 saturated heterocycles. The summed E-state index contributed by atoms with van der Waals surface area (Å²) >= 11 is 0. The van der Waals surface area contributed by atoms with E-state index in [0.29, 0.717) is 12.6 Å². The molecule has 1 aliphatic carbocycles. The van der Waals surface area contributed by atoms with Crippen LogP contribution in [-0.4, -0.2) is 30.6 Å². The standard InChI is InChI=1S/C15H19F2N3/c1-2-20(12-3-4-12)6-5-19-10-13-14(16)7-11(9-18)8-15(13)17/h7-8,12,19H,2-6,10H2,1H3. The second kappa shape index (κ2) is 6.78. The molecule has 108 valence electrons. The first-order valence-corrected chi connectivity index (χ1v) is 6.98. The van der Waals surface area contributed by atoms with Crippen LogP contribution in [0, 0.1) is 23.0 Å². The van der Waals surface area contributed by atoms with Crippen LogP contribution in [0.5, 0.6) is 0 Å². The van der Waals surface area contributed by atoms with Gasteiger partial charge in [0, 0.05) is 31.2 Å². The Morgan fingerprint density at radius 2 is 2.00 bits per heavy atom. The van der Waals surface area contributed by atoms with Crippen LogP contribution in [0.1, 0.15) is 30.9 Å². The van der Waals surface area contributed by atoms with Crippen molar-refractivity contribution in [3.05, 3.63) is 34.9 Å². The summed E-state index contributed by atoms with van der Waals surface area (Å²) in [6.45, 7) is 4.86. The van der Waals surface area contributed by atoms with Gasteiger partial charge in [0.2, 0.25) is 0 Å². The van der Waals surface area contributed by atoms with Crippen LogP contribution in [0.3, 0.4) is 0 Å². The van der Waals surface area contributed by atoms with Crippen LogP contribution in [0.15, 0.2) is 12.1 Å². The maximum Gasteiger partial charge on any atom is 0.131 e. The molecule has 1 saturated carbocycles. The maximum atomic E-state index is 13.6. The summed E-state index contributed by atoms with van der Waals surface area (Å²) in [6, 6.07) is 4.58. The van der Waals surface area contributed by atoms with E-state index in [1.165, 1.54) is 12.8 Å². The molecular formula is C15H19F2N3. The van der Waals surface area contributed by atoms with E-state index in [4.69, 9.17) is 5.26 Å². The van der Waals surface area contributed by atoms with Gasteiger partial charge in [-0.25, -0.2) is 8.78 Å². The van der Waals surface area contributed by atoms with Gasteiger partial charge >= 0.3 is 0 Å². The summed E-state index contributed by atoms with van der Waals surface area (Å²) in [4.78, 5) is 2.37. The van der Waals surface area contributed by atoms with Crippen molar-refractivity contribution in [1.29, 1.82) is 5.26 Å². The SMILES string of the molecule is CCN(CCNCc1c(F)cc(C#N)cc1F)C1CC1. The first-order chi connectivity index (χ1) is 9.65. The van der Waals surface area contributed by atoms with E-state index in [1.807, 2.05) is 0 Å². The minimum Gasteiger partial charge on any atom is -0.311 e. The number of benzene rings is 1. The Hall–Kier alpha value is -1.51. The molecule has 3 nitrogen and oxygen atoms in total. The van der Waals surface area contributed by atoms with Crippen molar-refractivity contribution in [2.75, 3.05) is 19.6 Å². The molecule has 0 aliphatic heterocycles. The van der Waals surface area contributed by atoms with Gasteiger partial charge in [0.15, 0.2) is 0 Å². The number of likely N-dealkylation sites (N-methyl/N-ethyl adjacent to an activating group) is 1. The molecule has 1 aromatic carbocycles. The van der Waals surface area contributed by atoms with Crippen molar-refractivity contribution >= 4 is 0 Å². The molecule has 1 aliphatic rings. The van der Waals surface area contributed by atoms with Gasteiger partial charge in [-0.3, -0.25) is 4.90 Å². The second-order valence-electron chi connectivity index (χ2n) is 5.07. The summed E-state index contributed by atoms with van der Waals surface area (Å²) in [7, 11) is 0. The lowest BCUT2D eigenvalue weighted by atomic mass is 10.1. The molecule has 1 aromatic rings. The van der Waals surface area contributed by atoms with Gasteiger partial charge in [-0.1, -0.05) is 6.92 Å². The molecule has 2 rings (SSSR count). The monoisotopic (exact) mass is 279 g/mol. The smallest absolute Gasteiger partial charge is 0.131 e. The number of nitrogens with one attached hydrogen (secondary N) is 1. The first-order valence-electron chi connectivity index (χ1n) is 6.98. The van der Waals surface area contributed by atoms with Gasteiger partial charge in [0.1, 0.15) is 11.6 Å². The molecular weight excluding hydrogens is 260 g/mol. The van der Waals surface area contributed by atoms with Gasteiger partial charge in [0.25, 0.3) is 0 Å². The van der Waals surface area contributed by atoms with E-state index in [9.17, 15) is 8.78 Å². The largest absolute Gasteiger partial charge is 0.311 e. The molecule has 5 heteroatoms. The van der Waals surface area contributed by atoms with Crippen molar-refractivity contribution in [2.24, 2.45) is 0 Å². The lowest BCUT2D eigenvalue weighted by Gasteiger charge is -2.19. The number of hydrogen-bond donors (Lipinski definition) is 1. The molecule has 0 unspecified atom stereocenters. The van der Waals surface area contributed by atoms with E-state index in [-0.39, 0.29) is 17.7 Å². The van der Waals surface area contributed by atoms with Crippen molar-refractivity contribution in [1.82, 2.24) is 10.2 Å². The van der Waals surface area contributed by atoms with Crippen LogP contribution in [0.2, 0.25) is 0 Å². The average Bonchev–Trinajstić information content (AvgIpc) is 3.25. The van der Waals surface area contributed by atoms with Crippen LogP contribution in [0.25, 0.3) is 0 Å². The molecule has 0 radical (unpaired) electrons. The van der Waals surface area contributed by atoms with Gasteiger partial charge in [-0.2, -0.15) is 5.26 Å². The Balaban J connectivity index is 1.83. The predicted octanol–water partition coefficient (Wildman–Crippen LogP) is 2.41. The zero-order chi connectivity index (χ0) is 14.5. The highest BCUT2D eigenvalue weighted by Crippen LogP contribution is 2.25. The van der Waals surface area contributed by atoms with E-state index in [0.717, 1.165) is 25.2 Å². The van der Waals surface area contributed by atoms with Gasteiger partial charge in [-0.05, 0) is 31.5 Å². The Kier molecular flexibility index (Phi) is 5.05. The zero-order valence-corrected chi connectivity index (χ0v) is 11.6. The fraction of sp³-hybridized carbons (Fsp3) is 0.533. The molecule has 20 heavy (non-hydrogen) atoms. The molecule has 0 amide bonds. The lowest BCUT2D eigenvalue weighted by Crippen LogP contribution is -2.33. The number of rotatable bonds is 7. The van der Waals surface area contributed by atoms with E-state index >= 15 is 0 Å². The minimum atomic E-state index is -0.663. The van der Waals surface area contributed by atoms with Crippen molar-refractivity contribution in [3.63, 3.8) is 0 Å². The fourth-order valence-electron chi connectivity index (χ4n) is 2.31. The average molecular weight is 279 g/mol. The summed E-state index contributed by atoms with van der Waals surface area (Å²) in [5, 5.41) is 11.7. The van der Waals surface area contributed by atoms with Crippen molar-refractivity contribution in [3.8, 4) is 6.07 Å². The van der Waals surface area contributed by atoms with E-state index in [2.05, 4.69) is 17.1 Å². The van der Waals surface area contributed by atoms with Crippen LogP contribution in [-0.2, 0) is 6.54 Å². The van der Waals surface area contributed by atoms with Crippen LogP contribution >= 0.6 is 0 Å². The number of halogens is 2. The van der Waals surface area contributed by atoms with Crippen LogP contribution in [0.4, 0.5) is 8.78 Å². The minimum absolute atomic E-state index is 0.00142. The van der Waals surface area contributed by atoms with Gasteiger partial charge in [0.05, 0.1) is 11.6 Å².